The third-order valence-corrected chi connectivity index (χ3v) is 4.47. The Labute approximate surface area is 125 Å². The van der Waals surface area contributed by atoms with Crippen molar-refractivity contribution in [2.24, 2.45) is 0 Å². The number of hydrogen-bond donors (Lipinski definition) is 2. The van der Waals surface area contributed by atoms with E-state index in [-0.39, 0.29) is 12.5 Å². The lowest BCUT2D eigenvalue weighted by Gasteiger charge is -2.30. The molecule has 2 aliphatic rings. The van der Waals surface area contributed by atoms with Crippen LogP contribution < -0.4 is 5.32 Å². The molecule has 2 heterocycles. The second-order valence-corrected chi connectivity index (χ2v) is 5.95. The van der Waals surface area contributed by atoms with Gasteiger partial charge in [-0.1, -0.05) is 24.3 Å². The molecule has 1 fully saturated rings. The Balaban J connectivity index is 1.69. The molecule has 0 aromatic heterocycles. The molecule has 0 bridgehead atoms. The predicted molar refractivity (Wildman–Crippen MR) is 73.0 cm³/mol. The summed E-state index contributed by atoms with van der Waals surface area (Å²) in [5.74, 6) is -0.380. The fourth-order valence-electron chi connectivity index (χ4n) is 3.06. The number of fused-ring (bicyclic) bond motifs is 1. The van der Waals surface area contributed by atoms with Crippen LogP contribution in [-0.2, 0) is 17.8 Å². The number of alkyl halides is 3. The van der Waals surface area contributed by atoms with Gasteiger partial charge in [-0.15, -0.1) is 0 Å². The van der Waals surface area contributed by atoms with E-state index < -0.39 is 30.8 Å². The van der Waals surface area contributed by atoms with E-state index in [1.165, 1.54) is 0 Å². The zero-order chi connectivity index (χ0) is 16.0. The molecule has 0 unspecified atom stereocenters. The van der Waals surface area contributed by atoms with Crippen molar-refractivity contribution >= 4 is 5.91 Å². The Morgan fingerprint density at radius 1 is 1.32 bits per heavy atom. The summed E-state index contributed by atoms with van der Waals surface area (Å²) in [4.78, 5) is 13.5. The predicted octanol–water partition coefficient (Wildman–Crippen LogP) is 1.23. The number of benzene rings is 1. The summed E-state index contributed by atoms with van der Waals surface area (Å²) in [6.45, 7) is -0.242. The van der Waals surface area contributed by atoms with E-state index in [4.69, 9.17) is 0 Å². The summed E-state index contributed by atoms with van der Waals surface area (Å²) in [7, 11) is 0. The first kappa shape index (κ1) is 15.3. The van der Waals surface area contributed by atoms with Crippen LogP contribution in [0.4, 0.5) is 13.2 Å². The summed E-state index contributed by atoms with van der Waals surface area (Å²) in [5, 5.41) is 12.7. The highest BCUT2D eigenvalue weighted by Crippen LogP contribution is 2.37. The van der Waals surface area contributed by atoms with Crippen molar-refractivity contribution in [3.05, 3.63) is 35.4 Å². The number of carbonyl (C=O) groups is 1. The van der Waals surface area contributed by atoms with E-state index in [9.17, 15) is 23.1 Å². The lowest BCUT2D eigenvalue weighted by molar-refractivity contribution is -0.253. The van der Waals surface area contributed by atoms with Crippen LogP contribution in [0, 0.1) is 0 Å². The molecule has 2 aliphatic heterocycles. The number of amides is 1. The normalized spacial score (nSPS) is 28.5. The van der Waals surface area contributed by atoms with Crippen molar-refractivity contribution in [3.8, 4) is 0 Å². The van der Waals surface area contributed by atoms with Crippen molar-refractivity contribution in [3.63, 3.8) is 0 Å². The van der Waals surface area contributed by atoms with Crippen LogP contribution >= 0.6 is 0 Å². The van der Waals surface area contributed by atoms with Crippen molar-refractivity contribution in [2.45, 2.75) is 37.2 Å². The maximum absolute atomic E-state index is 12.8. The first-order valence-electron chi connectivity index (χ1n) is 7.18. The number of β-amino-alcohol motifs (C(OH)–C–C–N with tert-alkyl or cyclic N) is 1. The first-order valence-corrected chi connectivity index (χ1v) is 7.18. The highest BCUT2D eigenvalue weighted by atomic mass is 19.4. The Bertz CT molecular complexity index is 590. The van der Waals surface area contributed by atoms with Gasteiger partial charge in [-0.25, -0.2) is 0 Å². The summed E-state index contributed by atoms with van der Waals surface area (Å²) < 4.78 is 38.5. The number of aliphatic hydroxyl groups is 1. The van der Waals surface area contributed by atoms with Gasteiger partial charge in [0, 0.05) is 19.5 Å². The molecule has 1 aromatic carbocycles. The molecule has 1 aromatic rings. The van der Waals surface area contributed by atoms with E-state index >= 15 is 0 Å². The molecule has 22 heavy (non-hydrogen) atoms. The van der Waals surface area contributed by atoms with Crippen LogP contribution in [0.2, 0.25) is 0 Å². The maximum Gasteiger partial charge on any atom is 0.419 e. The number of rotatable bonds is 1. The van der Waals surface area contributed by atoms with Gasteiger partial charge in [0.05, 0.1) is 12.6 Å². The van der Waals surface area contributed by atoms with Gasteiger partial charge < -0.3 is 15.3 Å². The van der Waals surface area contributed by atoms with Crippen LogP contribution in [0.3, 0.4) is 0 Å². The minimum Gasteiger partial charge on any atom is -0.379 e. The Morgan fingerprint density at radius 3 is 2.64 bits per heavy atom. The quantitative estimate of drug-likeness (QED) is 0.820. The van der Waals surface area contributed by atoms with Gasteiger partial charge in [-0.05, 0) is 17.5 Å². The van der Waals surface area contributed by atoms with E-state index in [1.54, 1.807) is 0 Å². The summed E-state index contributed by atoms with van der Waals surface area (Å²) in [6.07, 6.45) is -4.73. The van der Waals surface area contributed by atoms with Crippen molar-refractivity contribution < 1.29 is 23.1 Å². The highest BCUT2D eigenvalue weighted by molar-refractivity contribution is 5.83. The minimum absolute atomic E-state index is 0.0747. The average Bonchev–Trinajstić information content (AvgIpc) is 2.89. The smallest absolute Gasteiger partial charge is 0.379 e. The fourth-order valence-corrected chi connectivity index (χ4v) is 3.06. The Morgan fingerprint density at radius 2 is 2.00 bits per heavy atom. The second-order valence-electron chi connectivity index (χ2n) is 5.95. The number of carbonyl (C=O) groups excluding carboxylic acids is 1. The van der Waals surface area contributed by atoms with Gasteiger partial charge in [-0.2, -0.15) is 13.2 Å². The number of halogens is 3. The van der Waals surface area contributed by atoms with Crippen LogP contribution in [0.15, 0.2) is 24.3 Å². The molecule has 120 valence electrons. The second kappa shape index (κ2) is 5.24. The zero-order valence-corrected chi connectivity index (χ0v) is 11.9. The number of nitrogens with one attached hydrogen (secondary N) is 1. The average molecular weight is 314 g/mol. The molecule has 7 heteroatoms. The molecule has 1 amide bonds. The van der Waals surface area contributed by atoms with Gasteiger partial charge in [0.25, 0.3) is 0 Å². The largest absolute Gasteiger partial charge is 0.419 e. The van der Waals surface area contributed by atoms with Crippen molar-refractivity contribution in [1.82, 2.24) is 10.2 Å². The summed E-state index contributed by atoms with van der Waals surface area (Å²) >= 11 is 0. The zero-order valence-electron chi connectivity index (χ0n) is 11.9. The van der Waals surface area contributed by atoms with Crippen molar-refractivity contribution in [2.75, 3.05) is 13.1 Å². The lowest BCUT2D eigenvalue weighted by atomic mass is 9.95. The number of hydrogen-bond acceptors (Lipinski definition) is 3. The first-order chi connectivity index (χ1) is 10.3. The maximum atomic E-state index is 12.8. The van der Waals surface area contributed by atoms with Gasteiger partial charge >= 0.3 is 6.18 Å². The molecule has 4 nitrogen and oxygen atoms in total. The molecular formula is C15H17F3N2O2. The molecule has 0 aliphatic carbocycles. The lowest BCUT2D eigenvalue weighted by Crippen LogP contribution is -2.52. The van der Waals surface area contributed by atoms with Crippen LogP contribution in [0.25, 0.3) is 0 Å². The standard InChI is InChI=1S/C15H17F3N2O2/c16-15(17,18)14(22)5-6-20(9-14)13(21)12-7-10-3-1-2-4-11(10)8-19-12/h1-4,12,19,22H,5-9H2/t12-,14-/m1/s1. The topological polar surface area (TPSA) is 52.6 Å². The molecule has 2 atom stereocenters. The monoisotopic (exact) mass is 314 g/mol. The minimum atomic E-state index is -4.71. The SMILES string of the molecule is O=C([C@H]1Cc2ccccc2CN1)N1CC[C@](O)(C(F)(F)F)C1. The van der Waals surface area contributed by atoms with E-state index in [2.05, 4.69) is 5.32 Å². The summed E-state index contributed by atoms with van der Waals surface area (Å²) in [6, 6.07) is 7.13. The molecular weight excluding hydrogens is 297 g/mol. The van der Waals surface area contributed by atoms with Gasteiger partial charge in [0.2, 0.25) is 5.91 Å². The van der Waals surface area contributed by atoms with E-state index in [0.29, 0.717) is 13.0 Å². The highest BCUT2D eigenvalue weighted by Gasteiger charge is 2.58. The fraction of sp³-hybridized carbons (Fsp3) is 0.533. The van der Waals surface area contributed by atoms with E-state index in [0.717, 1.165) is 16.0 Å². The third-order valence-electron chi connectivity index (χ3n) is 4.47. The van der Waals surface area contributed by atoms with Crippen LogP contribution in [0.1, 0.15) is 17.5 Å². The molecule has 1 saturated heterocycles. The van der Waals surface area contributed by atoms with E-state index in [1.807, 2.05) is 24.3 Å². The van der Waals surface area contributed by atoms with Gasteiger partial charge in [0.1, 0.15) is 0 Å². The molecule has 0 spiro atoms. The van der Waals surface area contributed by atoms with Crippen LogP contribution in [-0.4, -0.2) is 46.8 Å². The molecule has 3 rings (SSSR count). The number of nitrogens with zero attached hydrogens (tertiary/aromatic N) is 1. The Hall–Kier alpha value is -1.60. The Kier molecular flexibility index (Phi) is 3.65. The molecule has 0 radical (unpaired) electrons. The molecule has 2 N–H and O–H groups in total. The van der Waals surface area contributed by atoms with Crippen molar-refractivity contribution in [1.29, 1.82) is 0 Å². The van der Waals surface area contributed by atoms with Crippen LogP contribution in [0.5, 0.6) is 0 Å². The van der Waals surface area contributed by atoms with Gasteiger partial charge in [0.15, 0.2) is 5.60 Å². The van der Waals surface area contributed by atoms with Gasteiger partial charge in [-0.3, -0.25) is 4.79 Å². The number of likely N-dealkylation sites (tertiary alicyclic amines) is 1. The molecule has 0 saturated carbocycles. The summed E-state index contributed by atoms with van der Waals surface area (Å²) in [5.41, 5.74) is -0.653. The third kappa shape index (κ3) is 2.59.